The van der Waals surface area contributed by atoms with E-state index in [1.165, 1.54) is 10.7 Å². The highest BCUT2D eigenvalue weighted by Crippen LogP contribution is 2.12. The number of hydrogen-bond acceptors (Lipinski definition) is 0. The van der Waals surface area contributed by atoms with Crippen LogP contribution in [0.3, 0.4) is 0 Å². The molecule has 2 nitrogen and oxygen atoms in total. The smallest absolute Gasteiger partial charge is 0.463 e. The summed E-state index contributed by atoms with van der Waals surface area (Å²) < 4.78 is 2.17. The summed E-state index contributed by atoms with van der Waals surface area (Å²) in [6, 6.07) is 10.6. The van der Waals surface area contributed by atoms with Crippen LogP contribution in [0.15, 0.2) is 42.3 Å². The molecule has 1 atom stereocenters. The molecule has 0 saturated carbocycles. The Morgan fingerprint density at radius 2 is 1.83 bits per heavy atom. The van der Waals surface area contributed by atoms with Gasteiger partial charge in [-0.25, -0.2) is 9.48 Å². The number of amidine groups is 1. The van der Waals surface area contributed by atoms with Crippen LogP contribution in [0.4, 0.5) is 0 Å². The van der Waals surface area contributed by atoms with Crippen LogP contribution in [0, 0.1) is 0 Å². The zero-order valence-electron chi connectivity index (χ0n) is 11.6. The Morgan fingerprint density at radius 3 is 2.22 bits per heavy atom. The lowest BCUT2D eigenvalue weighted by Gasteiger charge is -2.09. The minimum atomic E-state index is 0. The van der Waals surface area contributed by atoms with Crippen molar-refractivity contribution in [2.24, 2.45) is 0 Å². The summed E-state index contributed by atoms with van der Waals surface area (Å²) in [6.07, 6.45) is 0. The fraction of sp³-hybridized carbons (Fsp3) is 0.357. The maximum absolute atomic E-state index is 3.98. The SMILES string of the molecule is C=C[S+](Cc1ccccc1)C(N(C)C)=[N+](C)C.[Cl-]. The fourth-order valence-corrected chi connectivity index (χ4v) is 3.71. The van der Waals surface area contributed by atoms with Gasteiger partial charge in [0.1, 0.15) is 16.3 Å². The predicted octanol–water partition coefficient (Wildman–Crippen LogP) is -0.858. The van der Waals surface area contributed by atoms with Gasteiger partial charge in [-0.05, 0) is 0 Å². The van der Waals surface area contributed by atoms with E-state index in [-0.39, 0.29) is 23.3 Å². The predicted molar refractivity (Wildman–Crippen MR) is 78.5 cm³/mol. The molecular weight excluding hydrogens is 264 g/mol. The van der Waals surface area contributed by atoms with E-state index < -0.39 is 0 Å². The Kier molecular flexibility index (Phi) is 7.80. The van der Waals surface area contributed by atoms with Crippen molar-refractivity contribution in [3.8, 4) is 0 Å². The molecule has 0 aliphatic rings. The molecule has 0 spiro atoms. The lowest BCUT2D eigenvalue weighted by atomic mass is 10.2. The summed E-state index contributed by atoms with van der Waals surface area (Å²) in [4.78, 5) is 2.17. The lowest BCUT2D eigenvalue weighted by molar-refractivity contribution is -0.466. The van der Waals surface area contributed by atoms with Crippen LogP contribution in [-0.4, -0.2) is 42.8 Å². The summed E-state index contributed by atoms with van der Waals surface area (Å²) in [5.41, 5.74) is 1.36. The van der Waals surface area contributed by atoms with Gasteiger partial charge in [0, 0.05) is 5.56 Å². The van der Waals surface area contributed by atoms with Gasteiger partial charge in [0.25, 0.3) is 0 Å². The molecule has 0 heterocycles. The first-order valence-electron chi connectivity index (χ1n) is 5.64. The second-order valence-corrected chi connectivity index (χ2v) is 6.14. The van der Waals surface area contributed by atoms with Gasteiger partial charge in [0.2, 0.25) is 0 Å². The van der Waals surface area contributed by atoms with Gasteiger partial charge in [-0.3, -0.25) is 0 Å². The molecule has 18 heavy (non-hydrogen) atoms. The topological polar surface area (TPSA) is 6.25 Å². The van der Waals surface area contributed by atoms with Gasteiger partial charge >= 0.3 is 5.17 Å². The molecule has 0 fully saturated rings. The summed E-state index contributed by atoms with van der Waals surface area (Å²) in [7, 11) is 8.40. The average molecular weight is 286 g/mol. The third-order valence-electron chi connectivity index (χ3n) is 2.37. The first-order valence-corrected chi connectivity index (χ1v) is 7.09. The minimum Gasteiger partial charge on any atom is -1.00 e. The molecule has 0 aliphatic heterocycles. The first-order chi connectivity index (χ1) is 8.06. The molecule has 0 N–H and O–H groups in total. The van der Waals surface area contributed by atoms with Gasteiger partial charge in [0.05, 0.1) is 28.2 Å². The van der Waals surface area contributed by atoms with Crippen molar-refractivity contribution in [2.45, 2.75) is 5.75 Å². The third-order valence-corrected chi connectivity index (χ3v) is 4.61. The molecule has 100 valence electrons. The summed E-state index contributed by atoms with van der Waals surface area (Å²) in [5.74, 6) is 1.02. The first kappa shape index (κ1) is 17.1. The number of rotatable bonds is 3. The number of hydrogen-bond donors (Lipinski definition) is 0. The van der Waals surface area contributed by atoms with Gasteiger partial charge in [0.15, 0.2) is 5.75 Å². The lowest BCUT2D eigenvalue weighted by Crippen LogP contribution is -3.00. The molecule has 0 radical (unpaired) electrons. The molecule has 0 saturated heterocycles. The molecule has 1 unspecified atom stereocenters. The zero-order valence-corrected chi connectivity index (χ0v) is 13.1. The second-order valence-electron chi connectivity index (χ2n) is 4.30. The van der Waals surface area contributed by atoms with Gasteiger partial charge in [-0.1, -0.05) is 36.9 Å². The van der Waals surface area contributed by atoms with E-state index in [0.29, 0.717) is 0 Å². The second kappa shape index (κ2) is 8.22. The Morgan fingerprint density at radius 1 is 1.28 bits per heavy atom. The monoisotopic (exact) mass is 285 g/mol. The molecule has 1 aromatic carbocycles. The van der Waals surface area contributed by atoms with Crippen molar-refractivity contribution in [1.82, 2.24) is 4.90 Å². The number of halogens is 1. The molecule has 1 rings (SSSR count). The minimum absolute atomic E-state index is 0. The van der Waals surface area contributed by atoms with Crippen molar-refractivity contribution in [3.05, 3.63) is 47.9 Å². The van der Waals surface area contributed by atoms with E-state index in [4.69, 9.17) is 0 Å². The highest BCUT2D eigenvalue weighted by molar-refractivity contribution is 8.12. The maximum atomic E-state index is 3.98. The van der Waals surface area contributed by atoms with E-state index in [1.807, 2.05) is 0 Å². The maximum Gasteiger partial charge on any atom is 0.463 e. The van der Waals surface area contributed by atoms with Crippen LogP contribution >= 0.6 is 0 Å². The number of nitrogens with zero attached hydrogens (tertiary/aromatic N) is 2. The van der Waals surface area contributed by atoms with Crippen molar-refractivity contribution >= 4 is 16.1 Å². The summed E-state index contributed by atoms with van der Waals surface area (Å²) in [6.45, 7) is 3.98. The highest BCUT2D eigenvalue weighted by Gasteiger charge is 2.33. The summed E-state index contributed by atoms with van der Waals surface area (Å²) in [5, 5.41) is 3.37. The van der Waals surface area contributed by atoms with Crippen molar-refractivity contribution in [1.29, 1.82) is 0 Å². The molecule has 0 aromatic heterocycles. The Hall–Kier alpha value is -0.930. The van der Waals surface area contributed by atoms with Crippen LogP contribution < -0.4 is 12.4 Å². The third kappa shape index (κ3) is 4.75. The molecular formula is C14H22ClN2S+. The fourth-order valence-electron chi connectivity index (χ4n) is 1.82. The molecule has 1 aromatic rings. The molecule has 0 bridgehead atoms. The van der Waals surface area contributed by atoms with Crippen molar-refractivity contribution in [3.63, 3.8) is 0 Å². The van der Waals surface area contributed by atoms with E-state index in [0.717, 1.165) is 5.75 Å². The zero-order chi connectivity index (χ0) is 12.8. The van der Waals surface area contributed by atoms with Gasteiger partial charge in [-0.15, -0.1) is 0 Å². The average Bonchev–Trinajstić information content (AvgIpc) is 2.28. The normalized spacial score (nSPS) is 11.1. The van der Waals surface area contributed by atoms with Gasteiger partial charge in [-0.2, -0.15) is 0 Å². The Bertz CT molecular complexity index is 398. The Labute approximate surface area is 120 Å². The van der Waals surface area contributed by atoms with Gasteiger partial charge < -0.3 is 12.4 Å². The van der Waals surface area contributed by atoms with E-state index in [9.17, 15) is 0 Å². The molecule has 0 aliphatic carbocycles. The largest absolute Gasteiger partial charge is 1.00 e. The quantitative estimate of drug-likeness (QED) is 0.303. The molecule has 0 amide bonds. The highest BCUT2D eigenvalue weighted by atomic mass is 35.5. The van der Waals surface area contributed by atoms with E-state index >= 15 is 0 Å². The Balaban J connectivity index is 0.00000289. The van der Waals surface area contributed by atoms with Crippen LogP contribution in [0.1, 0.15) is 5.56 Å². The van der Waals surface area contributed by atoms with Crippen LogP contribution in [0.5, 0.6) is 0 Å². The van der Waals surface area contributed by atoms with Crippen LogP contribution in [-0.2, 0) is 16.6 Å². The van der Waals surface area contributed by atoms with E-state index in [2.05, 4.69) is 80.0 Å². The molecule has 4 heteroatoms. The van der Waals surface area contributed by atoms with Crippen LogP contribution in [0.25, 0.3) is 0 Å². The number of benzene rings is 1. The van der Waals surface area contributed by atoms with Crippen LogP contribution in [0.2, 0.25) is 0 Å². The van der Waals surface area contributed by atoms with Crippen molar-refractivity contribution < 1.29 is 17.0 Å². The summed E-state index contributed by atoms with van der Waals surface area (Å²) >= 11 is 0. The van der Waals surface area contributed by atoms with Crippen molar-refractivity contribution in [2.75, 3.05) is 28.2 Å². The van der Waals surface area contributed by atoms with E-state index in [1.54, 1.807) is 0 Å². The standard InChI is InChI=1S/C14H22N2S.ClH/c1-6-17(14(15(2)3)16(4)5)12-13-10-8-7-9-11-13;/h6-11H,1,12H2,2-5H3;1H/q+2;/p-1.